The highest BCUT2D eigenvalue weighted by Gasteiger charge is 2.16. The summed E-state index contributed by atoms with van der Waals surface area (Å²) in [5.41, 5.74) is 0.997. The number of aromatic nitrogens is 3. The van der Waals surface area contributed by atoms with Crippen molar-refractivity contribution in [1.82, 2.24) is 19.9 Å². The highest BCUT2D eigenvalue weighted by Crippen LogP contribution is 2.13. The van der Waals surface area contributed by atoms with Crippen molar-refractivity contribution in [3.05, 3.63) is 42.4 Å². The van der Waals surface area contributed by atoms with Gasteiger partial charge in [-0.1, -0.05) is 6.07 Å². The fourth-order valence-electron chi connectivity index (χ4n) is 2.29. The van der Waals surface area contributed by atoms with E-state index in [1.165, 1.54) is 0 Å². The molecule has 2 aromatic rings. The first kappa shape index (κ1) is 13.8. The molecule has 110 valence electrons. The molecule has 0 atom stereocenters. The smallest absolute Gasteiger partial charge is 0.227 e. The van der Waals surface area contributed by atoms with Crippen LogP contribution in [0.1, 0.15) is 5.69 Å². The number of hydrogen-bond acceptors (Lipinski definition) is 6. The first-order valence-electron chi connectivity index (χ1n) is 7.21. The Morgan fingerprint density at radius 2 is 1.90 bits per heavy atom. The molecule has 0 amide bonds. The van der Waals surface area contributed by atoms with E-state index in [0.29, 0.717) is 6.54 Å². The zero-order valence-electron chi connectivity index (χ0n) is 12.2. The topological polar surface area (TPSA) is 57.2 Å². The van der Waals surface area contributed by atoms with Gasteiger partial charge in [0.2, 0.25) is 5.95 Å². The summed E-state index contributed by atoms with van der Waals surface area (Å²) in [6.07, 6.45) is 3.61. The third kappa shape index (κ3) is 3.66. The van der Waals surface area contributed by atoms with Crippen molar-refractivity contribution in [2.75, 3.05) is 43.4 Å². The zero-order valence-corrected chi connectivity index (χ0v) is 12.2. The molecule has 0 radical (unpaired) electrons. The molecule has 6 nitrogen and oxygen atoms in total. The molecule has 1 N–H and O–H groups in total. The van der Waals surface area contributed by atoms with E-state index in [1.54, 1.807) is 12.4 Å². The van der Waals surface area contributed by atoms with Gasteiger partial charge in [-0.05, 0) is 25.2 Å². The van der Waals surface area contributed by atoms with Crippen LogP contribution in [0.15, 0.2) is 36.7 Å². The van der Waals surface area contributed by atoms with E-state index < -0.39 is 0 Å². The number of nitrogens with one attached hydrogen (secondary N) is 1. The van der Waals surface area contributed by atoms with Crippen LogP contribution >= 0.6 is 0 Å². The van der Waals surface area contributed by atoms with Crippen molar-refractivity contribution in [2.24, 2.45) is 0 Å². The number of hydrogen-bond donors (Lipinski definition) is 1. The second-order valence-electron chi connectivity index (χ2n) is 5.21. The molecule has 6 heteroatoms. The highest BCUT2D eigenvalue weighted by atomic mass is 15.3. The molecule has 3 rings (SSSR count). The summed E-state index contributed by atoms with van der Waals surface area (Å²) in [5, 5.41) is 3.30. The largest absolute Gasteiger partial charge is 0.364 e. The molecule has 0 aliphatic carbocycles. The molecule has 0 unspecified atom stereocenters. The number of rotatable bonds is 4. The Balaban J connectivity index is 1.63. The van der Waals surface area contributed by atoms with E-state index in [2.05, 4.69) is 37.1 Å². The molecular weight excluding hydrogens is 264 g/mol. The van der Waals surface area contributed by atoms with Crippen LogP contribution in [0.4, 0.5) is 11.8 Å². The van der Waals surface area contributed by atoms with Gasteiger partial charge in [0.1, 0.15) is 5.82 Å². The molecule has 0 spiro atoms. The molecule has 1 aliphatic heterocycles. The molecule has 0 saturated carbocycles. The molecule has 2 aromatic heterocycles. The van der Waals surface area contributed by atoms with E-state index >= 15 is 0 Å². The van der Waals surface area contributed by atoms with Gasteiger partial charge in [-0.3, -0.25) is 4.98 Å². The van der Waals surface area contributed by atoms with Gasteiger partial charge in [0.05, 0.1) is 12.2 Å². The summed E-state index contributed by atoms with van der Waals surface area (Å²) < 4.78 is 0. The van der Waals surface area contributed by atoms with Crippen molar-refractivity contribution >= 4 is 11.8 Å². The van der Waals surface area contributed by atoms with Crippen LogP contribution in [0.3, 0.4) is 0 Å². The lowest BCUT2D eigenvalue weighted by Crippen LogP contribution is -2.45. The van der Waals surface area contributed by atoms with Gasteiger partial charge in [-0.25, -0.2) is 4.98 Å². The van der Waals surface area contributed by atoms with Gasteiger partial charge in [0.25, 0.3) is 0 Å². The minimum absolute atomic E-state index is 0.667. The van der Waals surface area contributed by atoms with Crippen LogP contribution in [0.2, 0.25) is 0 Å². The van der Waals surface area contributed by atoms with Gasteiger partial charge in [-0.15, -0.1) is 0 Å². The number of piperazine rings is 1. The van der Waals surface area contributed by atoms with Gasteiger partial charge in [0.15, 0.2) is 0 Å². The standard InChI is InChI=1S/C15H20N6/c1-20-8-10-21(11-9-20)15-17-7-5-14(19-15)18-12-13-4-2-3-6-16-13/h2-7H,8-12H2,1H3,(H,17,18,19). The van der Waals surface area contributed by atoms with Crippen molar-refractivity contribution in [3.8, 4) is 0 Å². The Labute approximate surface area is 124 Å². The van der Waals surface area contributed by atoms with E-state index in [4.69, 9.17) is 0 Å². The Kier molecular flexibility index (Phi) is 4.25. The van der Waals surface area contributed by atoms with E-state index in [-0.39, 0.29) is 0 Å². The maximum absolute atomic E-state index is 4.59. The molecule has 0 aromatic carbocycles. The summed E-state index contributed by atoms with van der Waals surface area (Å²) in [6.45, 7) is 4.71. The highest BCUT2D eigenvalue weighted by molar-refractivity contribution is 5.41. The van der Waals surface area contributed by atoms with Gasteiger partial charge in [0, 0.05) is 38.6 Å². The minimum Gasteiger partial charge on any atom is -0.364 e. The first-order chi connectivity index (χ1) is 10.3. The van der Waals surface area contributed by atoms with E-state index in [1.807, 2.05) is 24.3 Å². The molecule has 1 fully saturated rings. The van der Waals surface area contributed by atoms with Crippen molar-refractivity contribution in [1.29, 1.82) is 0 Å². The van der Waals surface area contributed by atoms with Gasteiger partial charge < -0.3 is 15.1 Å². The summed E-state index contributed by atoms with van der Waals surface area (Å²) in [7, 11) is 2.14. The lowest BCUT2D eigenvalue weighted by Gasteiger charge is -2.32. The quantitative estimate of drug-likeness (QED) is 0.911. The van der Waals surface area contributed by atoms with Crippen LogP contribution in [0.25, 0.3) is 0 Å². The van der Waals surface area contributed by atoms with Crippen LogP contribution < -0.4 is 10.2 Å². The minimum atomic E-state index is 0.667. The van der Waals surface area contributed by atoms with Crippen molar-refractivity contribution in [3.63, 3.8) is 0 Å². The summed E-state index contributed by atoms with van der Waals surface area (Å²) >= 11 is 0. The summed E-state index contributed by atoms with van der Waals surface area (Å²) in [6, 6.07) is 7.79. The predicted molar refractivity (Wildman–Crippen MR) is 83.3 cm³/mol. The average Bonchev–Trinajstić information content (AvgIpc) is 2.55. The SMILES string of the molecule is CN1CCN(c2nccc(NCc3ccccn3)n2)CC1. The lowest BCUT2D eigenvalue weighted by atomic mass is 10.3. The average molecular weight is 284 g/mol. The number of likely N-dealkylation sites (N-methyl/N-ethyl adjacent to an activating group) is 1. The fraction of sp³-hybridized carbons (Fsp3) is 0.400. The normalized spacial score (nSPS) is 16.0. The van der Waals surface area contributed by atoms with E-state index in [0.717, 1.165) is 43.6 Å². The van der Waals surface area contributed by atoms with Crippen molar-refractivity contribution in [2.45, 2.75) is 6.54 Å². The summed E-state index contributed by atoms with van der Waals surface area (Å²) in [4.78, 5) is 17.8. The molecule has 1 saturated heterocycles. The van der Waals surface area contributed by atoms with Gasteiger partial charge in [-0.2, -0.15) is 4.98 Å². The monoisotopic (exact) mass is 284 g/mol. The molecule has 21 heavy (non-hydrogen) atoms. The third-order valence-electron chi connectivity index (χ3n) is 3.61. The second-order valence-corrected chi connectivity index (χ2v) is 5.21. The molecule has 1 aliphatic rings. The number of nitrogens with zero attached hydrogens (tertiary/aromatic N) is 5. The maximum atomic E-state index is 4.59. The first-order valence-corrected chi connectivity index (χ1v) is 7.21. The maximum Gasteiger partial charge on any atom is 0.227 e. The zero-order chi connectivity index (χ0) is 14.5. The fourth-order valence-corrected chi connectivity index (χ4v) is 2.29. The Morgan fingerprint density at radius 3 is 2.67 bits per heavy atom. The lowest BCUT2D eigenvalue weighted by molar-refractivity contribution is 0.311. The van der Waals surface area contributed by atoms with Crippen LogP contribution in [-0.4, -0.2) is 53.1 Å². The second kappa shape index (κ2) is 6.49. The number of pyridine rings is 1. The Hall–Kier alpha value is -2.21. The van der Waals surface area contributed by atoms with Gasteiger partial charge >= 0.3 is 0 Å². The Bertz CT molecular complexity index is 565. The number of anilines is 2. The Morgan fingerprint density at radius 1 is 1.05 bits per heavy atom. The molecular formula is C15H20N6. The van der Waals surface area contributed by atoms with Crippen LogP contribution in [-0.2, 0) is 6.54 Å². The molecule has 0 bridgehead atoms. The molecule has 3 heterocycles. The van der Waals surface area contributed by atoms with Crippen LogP contribution in [0, 0.1) is 0 Å². The van der Waals surface area contributed by atoms with E-state index in [9.17, 15) is 0 Å². The van der Waals surface area contributed by atoms with Crippen molar-refractivity contribution < 1.29 is 0 Å². The third-order valence-corrected chi connectivity index (χ3v) is 3.61. The summed E-state index contributed by atoms with van der Waals surface area (Å²) in [5.74, 6) is 1.64. The predicted octanol–water partition coefficient (Wildman–Crippen LogP) is 1.24. The van der Waals surface area contributed by atoms with Crippen LogP contribution in [0.5, 0.6) is 0 Å².